The molecule has 0 unspecified atom stereocenters. The van der Waals surface area contributed by atoms with Crippen LogP contribution >= 0.6 is 12.2 Å². The van der Waals surface area contributed by atoms with E-state index in [-0.39, 0.29) is 5.56 Å². The molecule has 0 atom stereocenters. The van der Waals surface area contributed by atoms with E-state index in [1.54, 1.807) is 4.68 Å². The van der Waals surface area contributed by atoms with E-state index in [0.29, 0.717) is 15.8 Å². The van der Waals surface area contributed by atoms with Gasteiger partial charge >= 0.3 is 0 Å². The van der Waals surface area contributed by atoms with Gasteiger partial charge in [0.15, 0.2) is 4.77 Å². The zero-order valence-electron chi connectivity index (χ0n) is 9.60. The highest BCUT2D eigenvalue weighted by atomic mass is 32.1. The first-order valence-corrected chi connectivity index (χ1v) is 5.83. The number of nitrogens with zero attached hydrogens (tertiary/aromatic N) is 2. The fourth-order valence-corrected chi connectivity index (χ4v) is 2.02. The summed E-state index contributed by atoms with van der Waals surface area (Å²) in [7, 11) is 0. The molecule has 2 heterocycles. The number of aryl methyl sites for hydroxylation is 1. The average molecular weight is 258 g/mol. The summed E-state index contributed by atoms with van der Waals surface area (Å²) in [4.78, 5) is 17.2. The summed E-state index contributed by atoms with van der Waals surface area (Å²) >= 11 is 4.97. The molecule has 0 radical (unpaired) electrons. The topological polar surface area (TPSA) is 66.5 Å². The predicted molar refractivity (Wildman–Crippen MR) is 71.6 cm³/mol. The van der Waals surface area contributed by atoms with Gasteiger partial charge in [0.1, 0.15) is 11.0 Å². The van der Waals surface area contributed by atoms with Gasteiger partial charge in [-0.05, 0) is 31.3 Å². The molecule has 0 amide bonds. The Kier molecular flexibility index (Phi) is 2.38. The van der Waals surface area contributed by atoms with Crippen LogP contribution in [0.1, 0.15) is 5.56 Å². The van der Waals surface area contributed by atoms with Gasteiger partial charge in [-0.1, -0.05) is 17.7 Å². The molecular formula is C12H10N4OS. The lowest BCUT2D eigenvalue weighted by molar-refractivity contribution is 0.892. The summed E-state index contributed by atoms with van der Waals surface area (Å²) in [6.45, 7) is 2.02. The van der Waals surface area contributed by atoms with Crippen LogP contribution in [0.15, 0.2) is 35.3 Å². The first kappa shape index (κ1) is 10.9. The van der Waals surface area contributed by atoms with Gasteiger partial charge in [-0.2, -0.15) is 5.10 Å². The van der Waals surface area contributed by atoms with Crippen molar-refractivity contribution < 1.29 is 0 Å². The minimum absolute atomic E-state index is 0.230. The fraction of sp³-hybridized carbons (Fsp3) is 0.0833. The SMILES string of the molecule is Cc1ccc(-n2ncc3c(=O)[nH]c(=S)[nH]c32)cc1. The monoisotopic (exact) mass is 258 g/mol. The highest BCUT2D eigenvalue weighted by Crippen LogP contribution is 2.13. The average Bonchev–Trinajstić information content (AvgIpc) is 2.74. The molecule has 0 bridgehead atoms. The van der Waals surface area contributed by atoms with E-state index in [0.717, 1.165) is 5.69 Å². The Bertz CT molecular complexity index is 826. The third-order valence-corrected chi connectivity index (χ3v) is 2.96. The van der Waals surface area contributed by atoms with E-state index in [4.69, 9.17) is 12.2 Å². The highest BCUT2D eigenvalue weighted by Gasteiger charge is 2.08. The molecule has 3 aromatic rings. The molecule has 0 fully saturated rings. The van der Waals surface area contributed by atoms with Crippen LogP contribution in [0, 0.1) is 11.7 Å². The second-order valence-electron chi connectivity index (χ2n) is 4.06. The lowest BCUT2D eigenvalue weighted by Gasteiger charge is -2.03. The van der Waals surface area contributed by atoms with Gasteiger partial charge in [0.2, 0.25) is 0 Å². The Morgan fingerprint density at radius 1 is 1.22 bits per heavy atom. The maximum Gasteiger partial charge on any atom is 0.262 e. The van der Waals surface area contributed by atoms with Crippen LogP contribution in [0.4, 0.5) is 0 Å². The Hall–Kier alpha value is -2.21. The molecule has 0 spiro atoms. The number of aromatic amines is 2. The Morgan fingerprint density at radius 3 is 2.67 bits per heavy atom. The second kappa shape index (κ2) is 3.92. The smallest absolute Gasteiger partial charge is 0.262 e. The molecular weight excluding hydrogens is 248 g/mol. The van der Waals surface area contributed by atoms with E-state index in [1.807, 2.05) is 31.2 Å². The van der Waals surface area contributed by atoms with Gasteiger partial charge in [-0.15, -0.1) is 0 Å². The first-order chi connectivity index (χ1) is 8.65. The van der Waals surface area contributed by atoms with Crippen LogP contribution in [0.25, 0.3) is 16.7 Å². The number of hydrogen-bond acceptors (Lipinski definition) is 3. The Morgan fingerprint density at radius 2 is 1.94 bits per heavy atom. The molecule has 2 N–H and O–H groups in total. The van der Waals surface area contributed by atoms with Crippen molar-refractivity contribution in [1.29, 1.82) is 0 Å². The fourth-order valence-electron chi connectivity index (χ4n) is 1.83. The van der Waals surface area contributed by atoms with Gasteiger partial charge in [0.25, 0.3) is 5.56 Å². The van der Waals surface area contributed by atoms with Crippen LogP contribution in [0.2, 0.25) is 0 Å². The summed E-state index contributed by atoms with van der Waals surface area (Å²) in [5, 5.41) is 4.71. The summed E-state index contributed by atoms with van der Waals surface area (Å²) in [5.41, 5.74) is 2.42. The van der Waals surface area contributed by atoms with E-state index in [1.165, 1.54) is 11.8 Å². The Balaban J connectivity index is 2.33. The van der Waals surface area contributed by atoms with Crippen LogP contribution in [-0.2, 0) is 0 Å². The number of nitrogens with one attached hydrogen (secondary N) is 2. The van der Waals surface area contributed by atoms with Gasteiger partial charge < -0.3 is 4.98 Å². The van der Waals surface area contributed by atoms with Crippen molar-refractivity contribution in [1.82, 2.24) is 19.7 Å². The number of H-pyrrole nitrogens is 2. The van der Waals surface area contributed by atoms with Gasteiger partial charge in [0.05, 0.1) is 11.9 Å². The number of hydrogen-bond donors (Lipinski definition) is 2. The molecule has 0 aliphatic carbocycles. The van der Waals surface area contributed by atoms with Crippen LogP contribution in [0.5, 0.6) is 0 Å². The number of aromatic nitrogens is 4. The highest BCUT2D eigenvalue weighted by molar-refractivity contribution is 7.71. The number of benzene rings is 1. The van der Waals surface area contributed by atoms with Gasteiger partial charge in [0, 0.05) is 0 Å². The molecule has 0 saturated carbocycles. The molecule has 6 heteroatoms. The summed E-state index contributed by atoms with van der Waals surface area (Å²) in [6.07, 6.45) is 1.53. The van der Waals surface area contributed by atoms with Crippen LogP contribution < -0.4 is 5.56 Å². The quantitative estimate of drug-likeness (QED) is 0.657. The lowest BCUT2D eigenvalue weighted by Crippen LogP contribution is -2.08. The Labute approximate surface area is 107 Å². The molecule has 0 aliphatic heterocycles. The molecule has 18 heavy (non-hydrogen) atoms. The predicted octanol–water partition coefficient (Wildman–Crippen LogP) is 2.08. The molecule has 0 aliphatic rings. The van der Waals surface area contributed by atoms with E-state index in [2.05, 4.69) is 15.1 Å². The van der Waals surface area contributed by atoms with Crippen LogP contribution in [0.3, 0.4) is 0 Å². The maximum atomic E-state index is 11.7. The van der Waals surface area contributed by atoms with Crippen molar-refractivity contribution in [2.24, 2.45) is 0 Å². The lowest BCUT2D eigenvalue weighted by atomic mass is 10.2. The molecule has 0 saturated heterocycles. The zero-order valence-corrected chi connectivity index (χ0v) is 10.4. The van der Waals surface area contributed by atoms with E-state index >= 15 is 0 Å². The molecule has 1 aromatic carbocycles. The first-order valence-electron chi connectivity index (χ1n) is 5.42. The minimum atomic E-state index is -0.230. The van der Waals surface area contributed by atoms with Gasteiger partial charge in [-0.25, -0.2) is 4.68 Å². The van der Waals surface area contributed by atoms with Crippen molar-refractivity contribution in [2.45, 2.75) is 6.92 Å². The summed E-state index contributed by atoms with van der Waals surface area (Å²) < 4.78 is 1.96. The summed E-state index contributed by atoms with van der Waals surface area (Å²) in [6, 6.07) is 7.87. The van der Waals surface area contributed by atoms with Crippen molar-refractivity contribution in [3.8, 4) is 5.69 Å². The third-order valence-electron chi connectivity index (χ3n) is 2.75. The molecule has 90 valence electrons. The van der Waals surface area contributed by atoms with Crippen molar-refractivity contribution in [3.05, 3.63) is 51.2 Å². The van der Waals surface area contributed by atoms with E-state index in [9.17, 15) is 4.79 Å². The third kappa shape index (κ3) is 1.67. The normalized spacial score (nSPS) is 10.9. The van der Waals surface area contributed by atoms with Crippen molar-refractivity contribution >= 4 is 23.3 Å². The van der Waals surface area contributed by atoms with Crippen molar-refractivity contribution in [2.75, 3.05) is 0 Å². The van der Waals surface area contributed by atoms with Crippen molar-refractivity contribution in [3.63, 3.8) is 0 Å². The van der Waals surface area contributed by atoms with Crippen LogP contribution in [-0.4, -0.2) is 19.7 Å². The maximum absolute atomic E-state index is 11.7. The van der Waals surface area contributed by atoms with E-state index < -0.39 is 0 Å². The van der Waals surface area contributed by atoms with Gasteiger partial charge in [-0.3, -0.25) is 9.78 Å². The zero-order chi connectivity index (χ0) is 12.7. The molecule has 5 nitrogen and oxygen atoms in total. The largest absolute Gasteiger partial charge is 0.316 e. The second-order valence-corrected chi connectivity index (χ2v) is 4.47. The molecule has 2 aromatic heterocycles. The summed E-state index contributed by atoms with van der Waals surface area (Å²) in [5.74, 6) is 0. The minimum Gasteiger partial charge on any atom is -0.316 e. The number of rotatable bonds is 1. The molecule has 3 rings (SSSR count). The standard InChI is InChI=1S/C12H10N4OS/c1-7-2-4-8(5-3-7)16-10-9(6-13-16)11(17)15-12(18)14-10/h2-6H,1H3,(H2,14,15,17,18). The number of fused-ring (bicyclic) bond motifs is 1.